The van der Waals surface area contributed by atoms with Gasteiger partial charge >= 0.3 is 0 Å². The summed E-state index contributed by atoms with van der Waals surface area (Å²) in [5.41, 5.74) is 1.35. The number of hydrogen-bond acceptors (Lipinski definition) is 3. The topological polar surface area (TPSA) is 45.2 Å². The lowest BCUT2D eigenvalue weighted by Crippen LogP contribution is -2.22. The molecule has 0 saturated carbocycles. The zero-order chi connectivity index (χ0) is 15.2. The Morgan fingerprint density at radius 2 is 2.00 bits per heavy atom. The molecule has 1 aromatic heterocycles. The van der Waals surface area contributed by atoms with Crippen molar-refractivity contribution in [2.24, 2.45) is 0 Å². The Hall–Kier alpha value is -1.63. The van der Waals surface area contributed by atoms with Gasteiger partial charge in [-0.2, -0.15) is 0 Å². The van der Waals surface area contributed by atoms with E-state index in [-0.39, 0.29) is 5.91 Å². The predicted octanol–water partition coefficient (Wildman–Crippen LogP) is 3.78. The Kier molecular flexibility index (Phi) is 5.55. The molecule has 21 heavy (non-hydrogen) atoms. The molecule has 0 atom stereocenters. The third kappa shape index (κ3) is 4.17. The van der Waals surface area contributed by atoms with E-state index in [0.717, 1.165) is 22.5 Å². The van der Waals surface area contributed by atoms with Gasteiger partial charge in [0.25, 0.3) is 5.91 Å². The maximum Gasteiger partial charge on any atom is 0.255 e. The van der Waals surface area contributed by atoms with Crippen molar-refractivity contribution in [3.8, 4) is 0 Å². The van der Waals surface area contributed by atoms with Gasteiger partial charge in [0.15, 0.2) is 0 Å². The molecule has 1 heterocycles. The highest BCUT2D eigenvalue weighted by Crippen LogP contribution is 2.15. The average molecular weight is 395 g/mol. The molecule has 0 fully saturated rings. The summed E-state index contributed by atoms with van der Waals surface area (Å²) in [5, 5.41) is 2.86. The highest BCUT2D eigenvalue weighted by atomic mass is 127. The van der Waals surface area contributed by atoms with Crippen molar-refractivity contribution < 1.29 is 4.79 Å². The number of aromatic nitrogens is 1. The first-order chi connectivity index (χ1) is 10.1. The summed E-state index contributed by atoms with van der Waals surface area (Å²) >= 11 is 2.19. The third-order valence-corrected chi connectivity index (χ3v) is 3.85. The van der Waals surface area contributed by atoms with Crippen molar-refractivity contribution in [3.63, 3.8) is 0 Å². The van der Waals surface area contributed by atoms with Crippen LogP contribution in [0.2, 0.25) is 0 Å². The van der Waals surface area contributed by atoms with Crippen molar-refractivity contribution in [2.75, 3.05) is 23.3 Å². The molecule has 0 aliphatic carbocycles. The summed E-state index contributed by atoms with van der Waals surface area (Å²) in [6, 6.07) is 11.3. The van der Waals surface area contributed by atoms with E-state index in [0.29, 0.717) is 11.3 Å². The monoisotopic (exact) mass is 395 g/mol. The van der Waals surface area contributed by atoms with Crippen LogP contribution in [0.5, 0.6) is 0 Å². The van der Waals surface area contributed by atoms with Crippen molar-refractivity contribution in [2.45, 2.75) is 13.8 Å². The lowest BCUT2D eigenvalue weighted by Gasteiger charge is -2.19. The second-order valence-corrected chi connectivity index (χ2v) is 5.79. The van der Waals surface area contributed by atoms with Crippen LogP contribution < -0.4 is 10.2 Å². The summed E-state index contributed by atoms with van der Waals surface area (Å²) in [4.78, 5) is 18.7. The number of nitrogens with zero attached hydrogens (tertiary/aromatic N) is 2. The van der Waals surface area contributed by atoms with E-state index >= 15 is 0 Å². The minimum atomic E-state index is -0.120. The molecule has 0 bridgehead atoms. The predicted molar refractivity (Wildman–Crippen MR) is 94.9 cm³/mol. The van der Waals surface area contributed by atoms with Gasteiger partial charge in [-0.15, -0.1) is 0 Å². The Bertz CT molecular complexity index is 609. The molecule has 1 N–H and O–H groups in total. The number of carbonyl (C=O) groups is 1. The number of halogens is 1. The maximum absolute atomic E-state index is 12.1. The van der Waals surface area contributed by atoms with Crippen molar-refractivity contribution in [3.05, 3.63) is 51.7 Å². The molecule has 1 amide bonds. The van der Waals surface area contributed by atoms with Gasteiger partial charge in [-0.3, -0.25) is 4.79 Å². The zero-order valence-corrected chi connectivity index (χ0v) is 14.3. The lowest BCUT2D eigenvalue weighted by molar-refractivity contribution is 0.102. The first-order valence-electron chi connectivity index (χ1n) is 6.92. The van der Waals surface area contributed by atoms with Crippen LogP contribution in [-0.4, -0.2) is 24.0 Å². The van der Waals surface area contributed by atoms with E-state index in [4.69, 9.17) is 0 Å². The quantitative estimate of drug-likeness (QED) is 0.784. The van der Waals surface area contributed by atoms with E-state index in [1.807, 2.05) is 30.3 Å². The fourth-order valence-corrected chi connectivity index (χ4v) is 2.57. The molecule has 1 aromatic carbocycles. The van der Waals surface area contributed by atoms with Crippen LogP contribution in [0.1, 0.15) is 24.2 Å². The summed E-state index contributed by atoms with van der Waals surface area (Å²) < 4.78 is 1.04. The highest BCUT2D eigenvalue weighted by molar-refractivity contribution is 14.1. The minimum Gasteiger partial charge on any atom is -0.357 e. The van der Waals surface area contributed by atoms with Gasteiger partial charge in [0.1, 0.15) is 5.82 Å². The molecular weight excluding hydrogens is 377 g/mol. The van der Waals surface area contributed by atoms with E-state index in [2.05, 4.69) is 51.6 Å². The van der Waals surface area contributed by atoms with Crippen molar-refractivity contribution >= 4 is 40.0 Å². The average Bonchev–Trinajstić information content (AvgIpc) is 2.50. The summed E-state index contributed by atoms with van der Waals surface area (Å²) in [6.07, 6.45) is 1.69. The molecule has 0 spiro atoms. The summed E-state index contributed by atoms with van der Waals surface area (Å²) in [6.45, 7) is 6.02. The molecule has 2 aromatic rings. The number of carbonyl (C=O) groups excluding carboxylic acids is 1. The number of benzene rings is 1. The molecule has 0 aliphatic heterocycles. The van der Waals surface area contributed by atoms with Crippen LogP contribution in [0.25, 0.3) is 0 Å². The first-order valence-corrected chi connectivity index (χ1v) is 7.99. The Balaban J connectivity index is 2.08. The van der Waals surface area contributed by atoms with E-state index in [9.17, 15) is 4.79 Å². The second kappa shape index (κ2) is 7.40. The van der Waals surface area contributed by atoms with Crippen LogP contribution in [0, 0.1) is 3.57 Å². The van der Waals surface area contributed by atoms with Crippen molar-refractivity contribution in [1.82, 2.24) is 4.98 Å². The molecule has 0 radical (unpaired) electrons. The number of nitrogens with one attached hydrogen (secondary N) is 1. The minimum absolute atomic E-state index is 0.120. The molecule has 0 aliphatic rings. The van der Waals surface area contributed by atoms with Crippen LogP contribution in [0.3, 0.4) is 0 Å². The molecule has 0 saturated heterocycles. The number of hydrogen-bond donors (Lipinski definition) is 1. The normalized spacial score (nSPS) is 10.2. The molecule has 2 rings (SSSR count). The van der Waals surface area contributed by atoms with Gasteiger partial charge in [0, 0.05) is 22.2 Å². The summed E-state index contributed by atoms with van der Waals surface area (Å²) in [7, 11) is 0. The Morgan fingerprint density at radius 1 is 1.24 bits per heavy atom. The van der Waals surface area contributed by atoms with Gasteiger partial charge in [-0.05, 0) is 66.8 Å². The molecule has 4 nitrogen and oxygen atoms in total. The maximum atomic E-state index is 12.1. The highest BCUT2D eigenvalue weighted by Gasteiger charge is 2.08. The fourth-order valence-electron chi connectivity index (χ4n) is 2.03. The van der Waals surface area contributed by atoms with E-state index in [1.54, 1.807) is 12.3 Å². The Labute approximate surface area is 138 Å². The van der Waals surface area contributed by atoms with Gasteiger partial charge in [0.05, 0.1) is 11.9 Å². The standard InChI is InChI=1S/C16H18IN3O/c1-3-20(4-2)15-9-8-14(11-18-15)19-16(21)12-6-5-7-13(17)10-12/h5-11H,3-4H2,1-2H3,(H,19,21). The number of anilines is 2. The zero-order valence-electron chi connectivity index (χ0n) is 12.1. The Morgan fingerprint density at radius 3 is 2.57 bits per heavy atom. The van der Waals surface area contributed by atoms with Crippen LogP contribution in [0.4, 0.5) is 11.5 Å². The molecule has 5 heteroatoms. The number of pyridine rings is 1. The number of rotatable bonds is 5. The largest absolute Gasteiger partial charge is 0.357 e. The van der Waals surface area contributed by atoms with Gasteiger partial charge in [0.2, 0.25) is 0 Å². The van der Waals surface area contributed by atoms with Crippen LogP contribution in [-0.2, 0) is 0 Å². The fraction of sp³-hybridized carbons (Fsp3) is 0.250. The van der Waals surface area contributed by atoms with Gasteiger partial charge in [-0.1, -0.05) is 6.07 Å². The first kappa shape index (κ1) is 15.8. The SMILES string of the molecule is CCN(CC)c1ccc(NC(=O)c2cccc(I)c2)cn1. The molecular formula is C16H18IN3O. The second-order valence-electron chi connectivity index (χ2n) is 4.54. The van der Waals surface area contributed by atoms with E-state index in [1.165, 1.54) is 0 Å². The summed E-state index contributed by atoms with van der Waals surface area (Å²) in [5.74, 6) is 0.804. The van der Waals surface area contributed by atoms with Crippen LogP contribution >= 0.6 is 22.6 Å². The smallest absolute Gasteiger partial charge is 0.255 e. The van der Waals surface area contributed by atoms with Gasteiger partial charge < -0.3 is 10.2 Å². The lowest BCUT2D eigenvalue weighted by atomic mass is 10.2. The third-order valence-electron chi connectivity index (χ3n) is 3.18. The van der Waals surface area contributed by atoms with Crippen LogP contribution in [0.15, 0.2) is 42.6 Å². The van der Waals surface area contributed by atoms with E-state index < -0.39 is 0 Å². The molecule has 0 unspecified atom stereocenters. The van der Waals surface area contributed by atoms with Gasteiger partial charge in [-0.25, -0.2) is 4.98 Å². The molecule has 110 valence electrons. The van der Waals surface area contributed by atoms with Crippen molar-refractivity contribution in [1.29, 1.82) is 0 Å². The number of amides is 1.